The van der Waals surface area contributed by atoms with Gasteiger partial charge < -0.3 is 14.9 Å². The van der Waals surface area contributed by atoms with E-state index in [2.05, 4.69) is 20.9 Å². The molecule has 2 aromatic rings. The van der Waals surface area contributed by atoms with E-state index in [1.54, 1.807) is 12.1 Å². The molecular formula is C13H11BrN2O5S. The maximum absolute atomic E-state index is 12.5. The van der Waals surface area contributed by atoms with Gasteiger partial charge >= 0.3 is 5.82 Å². The van der Waals surface area contributed by atoms with E-state index in [1.807, 2.05) is 0 Å². The molecule has 0 atom stereocenters. The van der Waals surface area contributed by atoms with Gasteiger partial charge in [-0.25, -0.2) is 8.42 Å². The summed E-state index contributed by atoms with van der Waals surface area (Å²) in [7, 11) is -2.29. The molecule has 0 radical (unpaired) electrons. The number of nitro groups is 1. The Balaban J connectivity index is 2.35. The Hall–Kier alpha value is -2.00. The van der Waals surface area contributed by atoms with E-state index in [0.717, 1.165) is 0 Å². The van der Waals surface area contributed by atoms with Crippen LogP contribution in [0.4, 0.5) is 5.82 Å². The highest BCUT2D eigenvalue weighted by Crippen LogP contribution is 2.29. The van der Waals surface area contributed by atoms with Crippen molar-refractivity contribution in [1.29, 1.82) is 0 Å². The second-order valence-corrected chi connectivity index (χ2v) is 7.21. The van der Waals surface area contributed by atoms with E-state index in [4.69, 9.17) is 4.74 Å². The number of benzene rings is 1. The number of pyridine rings is 1. The van der Waals surface area contributed by atoms with Crippen molar-refractivity contribution in [3.05, 3.63) is 56.7 Å². The Kier molecular flexibility index (Phi) is 4.77. The Morgan fingerprint density at radius 1 is 1.32 bits per heavy atom. The fourth-order valence-electron chi connectivity index (χ4n) is 1.80. The molecule has 7 nitrogen and oxygen atoms in total. The fourth-order valence-corrected chi connectivity index (χ4v) is 3.84. The lowest BCUT2D eigenvalue weighted by Gasteiger charge is -2.09. The number of hydrogen-bond donors (Lipinski definition) is 0. The molecule has 2 rings (SSSR count). The molecule has 0 saturated carbocycles. The van der Waals surface area contributed by atoms with Gasteiger partial charge in [0.1, 0.15) is 16.8 Å². The highest BCUT2D eigenvalue weighted by molar-refractivity contribution is 9.10. The fraction of sp³-hybridized carbons (Fsp3) is 0.154. The van der Waals surface area contributed by atoms with Crippen molar-refractivity contribution < 1.29 is 18.1 Å². The lowest BCUT2D eigenvalue weighted by molar-refractivity contribution is -0.389. The van der Waals surface area contributed by atoms with E-state index in [0.29, 0.717) is 10.0 Å². The third kappa shape index (κ3) is 3.60. The smallest absolute Gasteiger partial charge is 0.363 e. The van der Waals surface area contributed by atoms with Crippen LogP contribution in [0.2, 0.25) is 0 Å². The quantitative estimate of drug-likeness (QED) is 0.578. The summed E-state index contributed by atoms with van der Waals surface area (Å²) in [6, 6.07) is 7.21. The van der Waals surface area contributed by atoms with Crippen molar-refractivity contribution in [2.75, 3.05) is 7.11 Å². The van der Waals surface area contributed by atoms with Gasteiger partial charge in [0.15, 0.2) is 9.84 Å². The van der Waals surface area contributed by atoms with E-state index < -0.39 is 14.8 Å². The van der Waals surface area contributed by atoms with E-state index in [-0.39, 0.29) is 22.2 Å². The third-order valence-corrected chi connectivity index (χ3v) is 5.01. The first-order valence-electron chi connectivity index (χ1n) is 5.99. The first-order chi connectivity index (χ1) is 10.3. The molecule has 0 aliphatic rings. The van der Waals surface area contributed by atoms with Crippen molar-refractivity contribution in [2.24, 2.45) is 0 Å². The number of nitrogens with zero attached hydrogens (tertiary/aromatic N) is 2. The number of rotatable bonds is 5. The van der Waals surface area contributed by atoms with Crippen molar-refractivity contribution in [2.45, 2.75) is 10.6 Å². The van der Waals surface area contributed by atoms with Gasteiger partial charge in [0.05, 0.1) is 12.9 Å². The Morgan fingerprint density at radius 2 is 2.05 bits per heavy atom. The zero-order chi connectivity index (χ0) is 16.3. The molecule has 0 amide bonds. The monoisotopic (exact) mass is 386 g/mol. The minimum Gasteiger partial charge on any atom is -0.495 e. The second kappa shape index (κ2) is 6.41. The third-order valence-electron chi connectivity index (χ3n) is 2.81. The highest BCUT2D eigenvalue weighted by atomic mass is 79.9. The van der Waals surface area contributed by atoms with Crippen LogP contribution in [0.15, 0.2) is 45.9 Å². The summed E-state index contributed by atoms with van der Waals surface area (Å²) in [5.74, 6) is -0.426. The minimum absolute atomic E-state index is 0.0442. The molecular weight excluding hydrogens is 376 g/mol. The first-order valence-corrected chi connectivity index (χ1v) is 8.43. The molecule has 0 N–H and O–H groups in total. The number of aromatic nitrogens is 1. The van der Waals surface area contributed by atoms with Gasteiger partial charge in [0, 0.05) is 16.1 Å². The molecule has 1 aromatic heterocycles. The maximum Gasteiger partial charge on any atom is 0.363 e. The molecule has 0 bridgehead atoms. The predicted molar refractivity (Wildman–Crippen MR) is 82.5 cm³/mol. The molecule has 22 heavy (non-hydrogen) atoms. The van der Waals surface area contributed by atoms with Crippen LogP contribution in [0.25, 0.3) is 0 Å². The average molecular weight is 387 g/mol. The summed E-state index contributed by atoms with van der Waals surface area (Å²) in [6.45, 7) is 0. The maximum atomic E-state index is 12.5. The Morgan fingerprint density at radius 3 is 2.59 bits per heavy atom. The zero-order valence-corrected chi connectivity index (χ0v) is 13.8. The van der Waals surface area contributed by atoms with Crippen molar-refractivity contribution in [1.82, 2.24) is 4.98 Å². The van der Waals surface area contributed by atoms with Crippen LogP contribution >= 0.6 is 15.9 Å². The number of ether oxygens (including phenoxy) is 1. The topological polar surface area (TPSA) is 99.4 Å². The zero-order valence-electron chi connectivity index (χ0n) is 11.4. The van der Waals surface area contributed by atoms with E-state index >= 15 is 0 Å². The van der Waals surface area contributed by atoms with Gasteiger partial charge in [-0.15, -0.1) is 0 Å². The van der Waals surface area contributed by atoms with Crippen LogP contribution in [0, 0.1) is 10.1 Å². The molecule has 0 fully saturated rings. The molecule has 0 aliphatic heterocycles. The van der Waals surface area contributed by atoms with Gasteiger partial charge in [0.25, 0.3) is 0 Å². The molecule has 1 heterocycles. The minimum atomic E-state index is -3.68. The first kappa shape index (κ1) is 16.4. The molecule has 116 valence electrons. The van der Waals surface area contributed by atoms with Crippen molar-refractivity contribution >= 4 is 31.6 Å². The van der Waals surface area contributed by atoms with Crippen LogP contribution in [0.5, 0.6) is 5.75 Å². The summed E-state index contributed by atoms with van der Waals surface area (Å²) < 4.78 is 30.7. The van der Waals surface area contributed by atoms with Crippen LogP contribution in [-0.2, 0) is 15.6 Å². The Bertz CT molecular complexity index is 806. The van der Waals surface area contributed by atoms with Crippen LogP contribution in [-0.4, -0.2) is 25.4 Å². The largest absolute Gasteiger partial charge is 0.495 e. The summed E-state index contributed by atoms with van der Waals surface area (Å²) in [5, 5.41) is 10.5. The molecule has 9 heteroatoms. The van der Waals surface area contributed by atoms with E-state index in [1.165, 1.54) is 31.5 Å². The summed E-state index contributed by atoms with van der Waals surface area (Å²) in [5.41, 5.74) is 0.354. The molecule has 1 aromatic carbocycles. The number of methoxy groups -OCH3 is 1. The Labute approximate surface area is 135 Å². The standard InChI is InChI=1S/C13H11BrN2O5S/c1-21-11-4-3-10(14)6-12(11)22(19,20)8-9-2-5-13(15-7-9)16(17)18/h2-7H,8H2,1H3. The van der Waals surface area contributed by atoms with Crippen LogP contribution in [0.1, 0.15) is 5.56 Å². The van der Waals surface area contributed by atoms with Gasteiger partial charge in [0.2, 0.25) is 0 Å². The highest BCUT2D eigenvalue weighted by Gasteiger charge is 2.22. The molecule has 0 aliphatic carbocycles. The number of hydrogen-bond acceptors (Lipinski definition) is 6. The molecule has 0 saturated heterocycles. The summed E-state index contributed by atoms with van der Waals surface area (Å²) in [6.07, 6.45) is 1.18. The lowest BCUT2D eigenvalue weighted by atomic mass is 10.3. The van der Waals surface area contributed by atoms with Crippen LogP contribution in [0.3, 0.4) is 0 Å². The van der Waals surface area contributed by atoms with Gasteiger partial charge in [-0.05, 0) is 34.2 Å². The predicted octanol–water partition coefficient (Wildman–Crippen LogP) is 2.73. The molecule has 0 unspecified atom stereocenters. The molecule has 0 spiro atoms. The average Bonchev–Trinajstić information content (AvgIpc) is 2.47. The normalized spacial score (nSPS) is 11.2. The van der Waals surface area contributed by atoms with Crippen molar-refractivity contribution in [3.8, 4) is 5.75 Å². The number of halogens is 1. The lowest BCUT2D eigenvalue weighted by Crippen LogP contribution is -2.07. The van der Waals surface area contributed by atoms with E-state index in [9.17, 15) is 18.5 Å². The van der Waals surface area contributed by atoms with Crippen molar-refractivity contribution in [3.63, 3.8) is 0 Å². The van der Waals surface area contributed by atoms with Crippen LogP contribution < -0.4 is 4.74 Å². The van der Waals surface area contributed by atoms with Gasteiger partial charge in [-0.3, -0.25) is 0 Å². The van der Waals surface area contributed by atoms with Gasteiger partial charge in [-0.2, -0.15) is 0 Å². The summed E-state index contributed by atoms with van der Waals surface area (Å²) in [4.78, 5) is 13.6. The second-order valence-electron chi connectivity index (χ2n) is 4.34. The SMILES string of the molecule is COc1ccc(Br)cc1S(=O)(=O)Cc1ccc([N+](=O)[O-])nc1. The number of sulfone groups is 1. The summed E-state index contributed by atoms with van der Waals surface area (Å²) >= 11 is 3.22. The van der Waals surface area contributed by atoms with Gasteiger partial charge in [-0.1, -0.05) is 15.9 Å².